The van der Waals surface area contributed by atoms with Crippen molar-refractivity contribution in [2.45, 2.75) is 19.3 Å². The fourth-order valence-corrected chi connectivity index (χ4v) is 1.38. The molecule has 0 aliphatic carbocycles. The Morgan fingerprint density at radius 2 is 2.17 bits per heavy atom. The Morgan fingerprint density at radius 3 is 2.83 bits per heavy atom. The number of carbonyl (C=O) groups is 1. The van der Waals surface area contributed by atoms with Crippen LogP contribution in [0.3, 0.4) is 0 Å². The smallest absolute Gasteiger partial charge is 0.134 e. The van der Waals surface area contributed by atoms with Gasteiger partial charge in [0.05, 0.1) is 0 Å². The Hall–Kier alpha value is -0.340. The van der Waals surface area contributed by atoms with Gasteiger partial charge in [-0.15, -0.1) is 19.0 Å². The van der Waals surface area contributed by atoms with Crippen LogP contribution in [0.15, 0.2) is 12.7 Å². The topological polar surface area (TPSA) is 20.3 Å². The average Bonchev–Trinajstić information content (AvgIpc) is 2.17. The first kappa shape index (κ1) is 11.7. The number of carbonyl (C=O) groups excluding carboxylic acids is 1. The van der Waals surface area contributed by atoms with Crippen molar-refractivity contribution < 1.29 is 4.79 Å². The molecule has 0 aromatic rings. The molecule has 0 amide bonds. The molecule has 12 heavy (non-hydrogen) atoms. The molecule has 0 spiro atoms. The summed E-state index contributed by atoms with van der Waals surface area (Å²) in [5.41, 5.74) is 0. The molecule has 1 saturated heterocycles. The number of Topliss-reactive ketones (excluding diaryl/α,β-unsaturated/α-hetero) is 1. The minimum Gasteiger partial charge on any atom is -0.300 e. The van der Waals surface area contributed by atoms with Crippen LogP contribution in [0.2, 0.25) is 0 Å². The fourth-order valence-electron chi connectivity index (χ4n) is 1.38. The van der Waals surface area contributed by atoms with Gasteiger partial charge >= 0.3 is 0 Å². The van der Waals surface area contributed by atoms with Gasteiger partial charge in [0.1, 0.15) is 5.78 Å². The van der Waals surface area contributed by atoms with Crippen LogP contribution in [-0.4, -0.2) is 30.3 Å². The minimum atomic E-state index is 0. The third kappa shape index (κ3) is 3.88. The van der Waals surface area contributed by atoms with E-state index in [0.29, 0.717) is 5.78 Å². The van der Waals surface area contributed by atoms with Gasteiger partial charge in [0, 0.05) is 25.9 Å². The molecule has 0 saturated carbocycles. The van der Waals surface area contributed by atoms with E-state index >= 15 is 0 Å². The largest absolute Gasteiger partial charge is 0.300 e. The summed E-state index contributed by atoms with van der Waals surface area (Å²) in [5.74, 6) is 0.413. The highest BCUT2D eigenvalue weighted by Crippen LogP contribution is 2.05. The van der Waals surface area contributed by atoms with Crippen molar-refractivity contribution in [2.75, 3.05) is 19.6 Å². The first-order chi connectivity index (χ1) is 5.33. The number of ketones is 1. The maximum absolute atomic E-state index is 11.0. The lowest BCUT2D eigenvalue weighted by Crippen LogP contribution is -2.24. The number of hydrogen-bond acceptors (Lipinski definition) is 2. The van der Waals surface area contributed by atoms with E-state index in [9.17, 15) is 4.79 Å². The molecular formula is C9H16ClNO. The van der Waals surface area contributed by atoms with Crippen LogP contribution in [0.25, 0.3) is 0 Å². The van der Waals surface area contributed by atoms with E-state index in [2.05, 4.69) is 11.5 Å². The molecule has 1 aliphatic rings. The van der Waals surface area contributed by atoms with Crippen molar-refractivity contribution in [3.63, 3.8) is 0 Å². The maximum Gasteiger partial charge on any atom is 0.134 e. The number of hydrogen-bond donors (Lipinski definition) is 0. The van der Waals surface area contributed by atoms with Crippen LogP contribution in [0.5, 0.6) is 0 Å². The van der Waals surface area contributed by atoms with E-state index in [0.717, 1.165) is 38.9 Å². The Morgan fingerprint density at radius 1 is 1.42 bits per heavy atom. The highest BCUT2D eigenvalue weighted by molar-refractivity contribution is 5.85. The van der Waals surface area contributed by atoms with Gasteiger partial charge in [0.2, 0.25) is 0 Å². The molecule has 70 valence electrons. The van der Waals surface area contributed by atoms with E-state index in [-0.39, 0.29) is 12.4 Å². The van der Waals surface area contributed by atoms with Crippen molar-refractivity contribution in [1.29, 1.82) is 0 Å². The quantitative estimate of drug-likeness (QED) is 0.616. The minimum absolute atomic E-state index is 0. The van der Waals surface area contributed by atoms with Gasteiger partial charge in [0.25, 0.3) is 0 Å². The number of halogens is 1. The van der Waals surface area contributed by atoms with E-state index in [1.807, 2.05) is 6.08 Å². The summed E-state index contributed by atoms with van der Waals surface area (Å²) >= 11 is 0. The van der Waals surface area contributed by atoms with Gasteiger partial charge in [-0.05, 0) is 13.0 Å². The Kier molecular flexibility index (Phi) is 6.03. The lowest BCUT2D eigenvalue weighted by Gasteiger charge is -2.15. The molecule has 1 rings (SSSR count). The second-order valence-electron chi connectivity index (χ2n) is 2.98. The molecule has 3 heteroatoms. The van der Waals surface area contributed by atoms with Crippen LogP contribution < -0.4 is 0 Å². The van der Waals surface area contributed by atoms with Gasteiger partial charge in [0.15, 0.2) is 0 Å². The van der Waals surface area contributed by atoms with Crippen LogP contribution in [0.4, 0.5) is 0 Å². The molecule has 0 unspecified atom stereocenters. The lowest BCUT2D eigenvalue weighted by atomic mass is 10.2. The third-order valence-electron chi connectivity index (χ3n) is 2.02. The summed E-state index contributed by atoms with van der Waals surface area (Å²) in [5, 5.41) is 0. The van der Waals surface area contributed by atoms with Gasteiger partial charge in [-0.3, -0.25) is 9.69 Å². The molecule has 1 aliphatic heterocycles. The van der Waals surface area contributed by atoms with E-state index in [1.54, 1.807) is 0 Å². The van der Waals surface area contributed by atoms with E-state index in [1.165, 1.54) is 0 Å². The van der Waals surface area contributed by atoms with Crippen molar-refractivity contribution in [2.24, 2.45) is 0 Å². The number of nitrogens with zero attached hydrogens (tertiary/aromatic N) is 1. The van der Waals surface area contributed by atoms with Crippen LogP contribution in [-0.2, 0) is 4.79 Å². The summed E-state index contributed by atoms with van der Waals surface area (Å²) in [4.78, 5) is 13.3. The zero-order valence-corrected chi connectivity index (χ0v) is 8.11. The summed E-state index contributed by atoms with van der Waals surface area (Å²) < 4.78 is 0. The predicted molar refractivity (Wildman–Crippen MR) is 52.7 cm³/mol. The van der Waals surface area contributed by atoms with E-state index in [4.69, 9.17) is 0 Å². The Labute approximate surface area is 80.0 Å². The van der Waals surface area contributed by atoms with Gasteiger partial charge < -0.3 is 0 Å². The van der Waals surface area contributed by atoms with Gasteiger partial charge in [-0.2, -0.15) is 0 Å². The SMILES string of the molecule is C=CCN1CCCC(=O)CC1.Cl. The van der Waals surface area contributed by atoms with Crippen molar-refractivity contribution in [3.05, 3.63) is 12.7 Å². The Balaban J connectivity index is 0.00000121. The first-order valence-electron chi connectivity index (χ1n) is 4.18. The fraction of sp³-hybridized carbons (Fsp3) is 0.667. The molecule has 0 bridgehead atoms. The summed E-state index contributed by atoms with van der Waals surface area (Å²) in [6.45, 7) is 6.58. The molecule has 0 radical (unpaired) electrons. The van der Waals surface area contributed by atoms with Crippen LogP contribution in [0, 0.1) is 0 Å². The third-order valence-corrected chi connectivity index (χ3v) is 2.02. The van der Waals surface area contributed by atoms with Crippen molar-refractivity contribution >= 4 is 18.2 Å². The second-order valence-corrected chi connectivity index (χ2v) is 2.98. The summed E-state index contributed by atoms with van der Waals surface area (Å²) in [7, 11) is 0. The monoisotopic (exact) mass is 189 g/mol. The van der Waals surface area contributed by atoms with Gasteiger partial charge in [-0.25, -0.2) is 0 Å². The maximum atomic E-state index is 11.0. The molecular weight excluding hydrogens is 174 g/mol. The summed E-state index contributed by atoms with van der Waals surface area (Å²) in [6, 6.07) is 0. The zero-order valence-electron chi connectivity index (χ0n) is 7.29. The molecule has 0 aromatic heterocycles. The second kappa shape index (κ2) is 6.21. The van der Waals surface area contributed by atoms with Crippen molar-refractivity contribution in [1.82, 2.24) is 4.90 Å². The normalized spacial score (nSPS) is 19.5. The molecule has 1 fully saturated rings. The first-order valence-corrected chi connectivity index (χ1v) is 4.18. The van der Waals surface area contributed by atoms with Crippen LogP contribution >= 0.6 is 12.4 Å². The number of likely N-dealkylation sites (tertiary alicyclic amines) is 1. The zero-order chi connectivity index (χ0) is 8.10. The Bertz CT molecular complexity index is 159. The standard InChI is InChI=1S/C9H15NO.ClH/c1-2-6-10-7-3-4-9(11)5-8-10;/h2H,1,3-8H2;1H. The highest BCUT2D eigenvalue weighted by atomic mass is 35.5. The van der Waals surface area contributed by atoms with E-state index < -0.39 is 0 Å². The number of rotatable bonds is 2. The summed E-state index contributed by atoms with van der Waals surface area (Å²) in [6.07, 6.45) is 4.42. The molecule has 2 nitrogen and oxygen atoms in total. The lowest BCUT2D eigenvalue weighted by molar-refractivity contribution is -0.118. The molecule has 0 N–H and O–H groups in total. The molecule has 0 atom stereocenters. The predicted octanol–water partition coefficient (Wildman–Crippen LogP) is 1.65. The molecule has 0 aromatic carbocycles. The van der Waals surface area contributed by atoms with Crippen LogP contribution in [0.1, 0.15) is 19.3 Å². The average molecular weight is 190 g/mol. The van der Waals surface area contributed by atoms with Crippen molar-refractivity contribution in [3.8, 4) is 0 Å². The highest BCUT2D eigenvalue weighted by Gasteiger charge is 2.11. The van der Waals surface area contributed by atoms with Gasteiger partial charge in [-0.1, -0.05) is 6.08 Å². The molecule has 1 heterocycles.